The maximum Gasteiger partial charge on any atom is 0.184 e. The number of fused-ring (bicyclic) bond motifs is 2. The summed E-state index contributed by atoms with van der Waals surface area (Å²) in [5.74, 6) is 0.0396. The first-order valence-corrected chi connectivity index (χ1v) is 7.52. The van der Waals surface area contributed by atoms with Crippen molar-refractivity contribution in [3.05, 3.63) is 59.4 Å². The number of carbonyl (C=O) groups is 1. The largest absolute Gasteiger partial charge is 0.325 e. The van der Waals surface area contributed by atoms with Crippen molar-refractivity contribution in [2.24, 2.45) is 10.7 Å². The molecule has 0 saturated heterocycles. The van der Waals surface area contributed by atoms with E-state index in [4.69, 9.17) is 5.73 Å². The second kappa shape index (κ2) is 5.14. The van der Waals surface area contributed by atoms with Crippen LogP contribution in [0.4, 0.5) is 0 Å². The first-order chi connectivity index (χ1) is 11.2. The number of imidazole rings is 1. The number of Topliss-reactive ketones (excluding diaryl/α,β-unsaturated/α-hetero) is 1. The smallest absolute Gasteiger partial charge is 0.184 e. The van der Waals surface area contributed by atoms with E-state index >= 15 is 0 Å². The van der Waals surface area contributed by atoms with E-state index in [-0.39, 0.29) is 12.3 Å². The van der Waals surface area contributed by atoms with Crippen LogP contribution in [0.1, 0.15) is 21.5 Å². The van der Waals surface area contributed by atoms with Crippen LogP contribution in [0.25, 0.3) is 16.9 Å². The van der Waals surface area contributed by atoms with Crippen LogP contribution < -0.4 is 5.73 Å². The number of aryl methyl sites for hydroxylation is 1. The Balaban J connectivity index is 1.92. The Morgan fingerprint density at radius 1 is 1.22 bits per heavy atom. The molecule has 4 rings (SSSR count). The number of carbonyl (C=O) groups excluding carboxylic acids is 1. The van der Waals surface area contributed by atoms with Gasteiger partial charge in [0.05, 0.1) is 17.6 Å². The Labute approximate surface area is 133 Å². The zero-order chi connectivity index (χ0) is 16.0. The minimum absolute atomic E-state index is 0.0396. The second-order valence-corrected chi connectivity index (χ2v) is 5.73. The number of ketones is 1. The normalized spacial score (nSPS) is 14.0. The van der Waals surface area contributed by atoms with Crippen LogP contribution in [0.3, 0.4) is 0 Å². The lowest BCUT2D eigenvalue weighted by Crippen LogP contribution is -2.25. The Morgan fingerprint density at radius 2 is 2.09 bits per heavy atom. The number of aromatic nitrogens is 2. The zero-order valence-electron chi connectivity index (χ0n) is 12.8. The minimum Gasteiger partial charge on any atom is -0.325 e. The average molecular weight is 304 g/mol. The molecule has 3 heterocycles. The lowest BCUT2D eigenvalue weighted by atomic mass is 9.94. The van der Waals surface area contributed by atoms with Gasteiger partial charge in [0.15, 0.2) is 5.78 Å². The van der Waals surface area contributed by atoms with Crippen molar-refractivity contribution in [1.82, 2.24) is 9.38 Å². The van der Waals surface area contributed by atoms with Crippen molar-refractivity contribution < 1.29 is 4.79 Å². The lowest BCUT2D eigenvalue weighted by molar-refractivity contribution is 0.1000. The third-order valence-corrected chi connectivity index (χ3v) is 4.19. The van der Waals surface area contributed by atoms with Crippen molar-refractivity contribution in [3.8, 4) is 11.3 Å². The quantitative estimate of drug-likeness (QED) is 0.789. The lowest BCUT2D eigenvalue weighted by Gasteiger charge is -2.16. The molecule has 0 spiro atoms. The molecule has 5 heteroatoms. The molecule has 3 aromatic rings. The Hall–Kier alpha value is -2.79. The average Bonchev–Trinajstić information content (AvgIpc) is 2.98. The van der Waals surface area contributed by atoms with E-state index < -0.39 is 0 Å². The van der Waals surface area contributed by atoms with Crippen molar-refractivity contribution in [2.45, 2.75) is 6.92 Å². The molecule has 0 bridgehead atoms. The molecule has 2 aromatic heterocycles. The van der Waals surface area contributed by atoms with E-state index in [0.717, 1.165) is 33.7 Å². The molecule has 23 heavy (non-hydrogen) atoms. The van der Waals surface area contributed by atoms with Crippen molar-refractivity contribution >= 4 is 17.1 Å². The van der Waals surface area contributed by atoms with E-state index in [0.29, 0.717) is 12.1 Å². The number of hydrogen-bond donors (Lipinski definition) is 1. The maximum absolute atomic E-state index is 12.0. The van der Waals surface area contributed by atoms with Gasteiger partial charge in [-0.3, -0.25) is 14.2 Å². The summed E-state index contributed by atoms with van der Waals surface area (Å²) in [6, 6.07) is 9.85. The SMILES string of the molecule is Cc1ccc2ncc(-c3ccc4c(c3)C(CN)=NCC4=O)n2c1. The molecule has 0 unspecified atom stereocenters. The molecule has 0 fully saturated rings. The molecular weight excluding hydrogens is 288 g/mol. The molecule has 0 aliphatic carbocycles. The van der Waals surface area contributed by atoms with Gasteiger partial charge in [0.1, 0.15) is 12.2 Å². The highest BCUT2D eigenvalue weighted by Crippen LogP contribution is 2.26. The first-order valence-electron chi connectivity index (χ1n) is 7.52. The highest BCUT2D eigenvalue weighted by molar-refractivity contribution is 6.16. The maximum atomic E-state index is 12.0. The zero-order valence-corrected chi connectivity index (χ0v) is 12.8. The van der Waals surface area contributed by atoms with Gasteiger partial charge in [0.25, 0.3) is 0 Å². The first kappa shape index (κ1) is 13.8. The molecule has 114 valence electrons. The predicted molar refractivity (Wildman–Crippen MR) is 90.2 cm³/mol. The van der Waals surface area contributed by atoms with Gasteiger partial charge >= 0.3 is 0 Å². The predicted octanol–water partition coefficient (Wildman–Crippen LogP) is 2.25. The monoisotopic (exact) mass is 304 g/mol. The summed E-state index contributed by atoms with van der Waals surface area (Å²) in [7, 11) is 0. The van der Waals surface area contributed by atoms with Crippen LogP contribution in [0.5, 0.6) is 0 Å². The Morgan fingerprint density at radius 3 is 2.91 bits per heavy atom. The molecular formula is C18H16N4O. The van der Waals surface area contributed by atoms with Gasteiger partial charge in [-0.2, -0.15) is 0 Å². The molecule has 0 saturated carbocycles. The van der Waals surface area contributed by atoms with Crippen LogP contribution >= 0.6 is 0 Å². The van der Waals surface area contributed by atoms with Crippen LogP contribution in [-0.2, 0) is 0 Å². The molecule has 2 N–H and O–H groups in total. The van der Waals surface area contributed by atoms with Crippen LogP contribution in [0.2, 0.25) is 0 Å². The van der Waals surface area contributed by atoms with Crippen molar-refractivity contribution in [1.29, 1.82) is 0 Å². The third kappa shape index (κ3) is 2.17. The summed E-state index contributed by atoms with van der Waals surface area (Å²) in [6.07, 6.45) is 3.90. The number of aliphatic imine (C=N–C) groups is 1. The standard InChI is InChI=1S/C18H16N4O/c1-11-2-5-18-21-8-16(22(18)10-11)12-3-4-13-14(6-12)15(7-19)20-9-17(13)23/h2-6,8,10H,7,9,19H2,1H3. The minimum atomic E-state index is 0.0396. The molecule has 1 aliphatic heterocycles. The molecule has 1 aliphatic rings. The highest BCUT2D eigenvalue weighted by atomic mass is 16.1. The number of hydrogen-bond acceptors (Lipinski definition) is 4. The highest BCUT2D eigenvalue weighted by Gasteiger charge is 2.20. The van der Waals surface area contributed by atoms with Gasteiger partial charge in [0, 0.05) is 29.4 Å². The van der Waals surface area contributed by atoms with Gasteiger partial charge in [0.2, 0.25) is 0 Å². The number of rotatable bonds is 2. The van der Waals surface area contributed by atoms with E-state index in [1.54, 1.807) is 0 Å². The van der Waals surface area contributed by atoms with Crippen molar-refractivity contribution in [3.63, 3.8) is 0 Å². The van der Waals surface area contributed by atoms with Gasteiger partial charge in [-0.25, -0.2) is 4.98 Å². The van der Waals surface area contributed by atoms with Crippen molar-refractivity contribution in [2.75, 3.05) is 13.1 Å². The van der Waals surface area contributed by atoms with E-state index in [1.165, 1.54) is 0 Å². The molecule has 0 amide bonds. The van der Waals surface area contributed by atoms with Crippen LogP contribution in [-0.4, -0.2) is 34.0 Å². The molecule has 0 radical (unpaired) electrons. The van der Waals surface area contributed by atoms with Gasteiger partial charge < -0.3 is 5.73 Å². The molecule has 1 aromatic carbocycles. The Bertz CT molecular complexity index is 968. The molecule has 0 atom stereocenters. The fourth-order valence-electron chi connectivity index (χ4n) is 3.00. The number of nitrogens with zero attached hydrogens (tertiary/aromatic N) is 3. The third-order valence-electron chi connectivity index (χ3n) is 4.19. The van der Waals surface area contributed by atoms with Crippen LogP contribution in [0, 0.1) is 6.92 Å². The van der Waals surface area contributed by atoms with Gasteiger partial charge in [-0.05, 0) is 30.7 Å². The van der Waals surface area contributed by atoms with Gasteiger partial charge in [-0.1, -0.05) is 12.1 Å². The number of pyridine rings is 1. The fourth-order valence-corrected chi connectivity index (χ4v) is 3.00. The number of benzene rings is 1. The Kier molecular flexibility index (Phi) is 3.09. The summed E-state index contributed by atoms with van der Waals surface area (Å²) in [5, 5.41) is 0. The number of nitrogens with two attached hydrogens (primary N) is 1. The molecule has 5 nitrogen and oxygen atoms in total. The topological polar surface area (TPSA) is 72.8 Å². The summed E-state index contributed by atoms with van der Waals surface area (Å²) in [6.45, 7) is 2.57. The van der Waals surface area contributed by atoms with E-state index in [9.17, 15) is 4.79 Å². The van der Waals surface area contributed by atoms with Gasteiger partial charge in [-0.15, -0.1) is 0 Å². The summed E-state index contributed by atoms with van der Waals surface area (Å²) in [4.78, 5) is 20.8. The second-order valence-electron chi connectivity index (χ2n) is 5.73. The van der Waals surface area contributed by atoms with E-state index in [1.807, 2.05) is 43.5 Å². The fraction of sp³-hybridized carbons (Fsp3) is 0.167. The summed E-state index contributed by atoms with van der Waals surface area (Å²) in [5.41, 5.74) is 12.1. The summed E-state index contributed by atoms with van der Waals surface area (Å²) >= 11 is 0. The van der Waals surface area contributed by atoms with Crippen LogP contribution in [0.15, 0.2) is 47.7 Å². The van der Waals surface area contributed by atoms with E-state index in [2.05, 4.69) is 20.6 Å². The summed E-state index contributed by atoms with van der Waals surface area (Å²) < 4.78 is 2.06.